The van der Waals surface area contributed by atoms with Crippen molar-refractivity contribution in [2.45, 2.75) is 52.7 Å². The highest BCUT2D eigenvalue weighted by Gasteiger charge is 2.24. The minimum atomic E-state index is -0.265. The van der Waals surface area contributed by atoms with Gasteiger partial charge < -0.3 is 34.5 Å². The van der Waals surface area contributed by atoms with Gasteiger partial charge in [-0.3, -0.25) is 9.59 Å². The first-order chi connectivity index (χ1) is 20.2. The zero-order valence-corrected chi connectivity index (χ0v) is 24.9. The van der Waals surface area contributed by atoms with Crippen molar-refractivity contribution in [2.75, 3.05) is 51.0 Å². The fourth-order valence-corrected chi connectivity index (χ4v) is 6.06. The third-order valence-corrected chi connectivity index (χ3v) is 8.45. The first-order valence-corrected chi connectivity index (χ1v) is 15.0. The monoisotopic (exact) mass is 574 g/mol. The normalized spacial score (nSPS) is 17.1. The van der Waals surface area contributed by atoms with Crippen LogP contribution in [0.1, 0.15) is 52.5 Å². The van der Waals surface area contributed by atoms with E-state index in [1.807, 2.05) is 56.3 Å². The molecule has 2 aromatic carbocycles. The van der Waals surface area contributed by atoms with E-state index in [1.165, 1.54) is 0 Å². The second-order valence-corrected chi connectivity index (χ2v) is 11.5. The molecule has 2 fully saturated rings. The molecule has 9 nitrogen and oxygen atoms in total. The maximum absolute atomic E-state index is 13.5. The van der Waals surface area contributed by atoms with Gasteiger partial charge in [0.25, 0.3) is 11.5 Å². The lowest BCUT2D eigenvalue weighted by molar-refractivity contribution is -0.901. The van der Waals surface area contributed by atoms with Crippen LogP contribution in [0.15, 0.2) is 53.3 Å². The number of nitrogens with zero attached hydrogens (tertiary/aromatic N) is 2. The summed E-state index contributed by atoms with van der Waals surface area (Å²) in [5, 5.41) is 16.0. The van der Waals surface area contributed by atoms with Crippen LogP contribution in [0.3, 0.4) is 0 Å². The quantitative estimate of drug-likeness (QED) is 0.289. The molecular weight excluding hydrogens is 532 g/mol. The summed E-state index contributed by atoms with van der Waals surface area (Å²) in [5.41, 5.74) is 6.42. The van der Waals surface area contributed by atoms with E-state index in [-0.39, 0.29) is 22.7 Å². The second-order valence-electron chi connectivity index (χ2n) is 11.5. The second kappa shape index (κ2) is 13.2. The fourth-order valence-electron chi connectivity index (χ4n) is 6.06. The van der Waals surface area contributed by atoms with Gasteiger partial charge >= 0.3 is 0 Å². The van der Waals surface area contributed by atoms with E-state index in [1.54, 1.807) is 0 Å². The van der Waals surface area contributed by atoms with Crippen LogP contribution in [0.25, 0.3) is 11.1 Å². The van der Waals surface area contributed by atoms with Gasteiger partial charge in [0.1, 0.15) is 19.6 Å². The number of benzene rings is 2. The first kappa shape index (κ1) is 30.0. The number of aromatic amines is 1. The summed E-state index contributed by atoms with van der Waals surface area (Å²) < 4.78 is 10.7. The molecule has 9 heteroatoms. The molecule has 0 unspecified atom stereocenters. The Morgan fingerprint density at radius 3 is 2.36 bits per heavy atom. The number of pyridine rings is 1. The lowest BCUT2D eigenvalue weighted by Gasteiger charge is -2.45. The van der Waals surface area contributed by atoms with Crippen molar-refractivity contribution in [3.8, 4) is 11.1 Å². The Hall–Kier alpha value is -3.50. The van der Waals surface area contributed by atoms with Crippen LogP contribution < -0.4 is 15.8 Å². The number of ether oxygens (including phenoxy) is 2. The molecule has 0 aliphatic carbocycles. The number of rotatable bonds is 9. The molecule has 2 N–H and O–H groups in total. The average molecular weight is 575 g/mol. The number of hydroxylamine groups is 3. The predicted octanol–water partition coefficient (Wildman–Crippen LogP) is 4.44. The number of amides is 1. The highest BCUT2D eigenvalue weighted by molar-refractivity contribution is 5.97. The fraction of sp³-hybridized carbons (Fsp3) is 0.455. The van der Waals surface area contributed by atoms with Crippen LogP contribution in [0.4, 0.5) is 5.69 Å². The van der Waals surface area contributed by atoms with E-state index in [0.717, 1.165) is 66.2 Å². The van der Waals surface area contributed by atoms with Gasteiger partial charge in [-0.05, 0) is 74.6 Å². The minimum Gasteiger partial charge on any atom is -0.632 e. The van der Waals surface area contributed by atoms with Gasteiger partial charge in [0.15, 0.2) is 0 Å². The molecule has 0 atom stereocenters. The third-order valence-electron chi connectivity index (χ3n) is 8.45. The average Bonchev–Trinajstić information content (AvgIpc) is 2.98. The van der Waals surface area contributed by atoms with E-state index >= 15 is 0 Å². The summed E-state index contributed by atoms with van der Waals surface area (Å²) >= 11 is 0. The molecule has 0 saturated carbocycles. The minimum absolute atomic E-state index is 0.145. The molecule has 0 radical (unpaired) electrons. The van der Waals surface area contributed by atoms with Crippen molar-refractivity contribution < 1.29 is 18.9 Å². The van der Waals surface area contributed by atoms with E-state index in [0.29, 0.717) is 50.0 Å². The number of carbonyl (C=O) groups excluding carboxylic acids is 1. The van der Waals surface area contributed by atoms with Gasteiger partial charge in [0.05, 0.1) is 13.2 Å². The maximum atomic E-state index is 13.5. The Labute approximate surface area is 247 Å². The predicted molar refractivity (Wildman–Crippen MR) is 164 cm³/mol. The van der Waals surface area contributed by atoms with Gasteiger partial charge in [0, 0.05) is 60.4 Å². The van der Waals surface area contributed by atoms with Crippen LogP contribution in [0, 0.1) is 19.1 Å². The number of quaternary nitrogens is 1. The van der Waals surface area contributed by atoms with Crippen molar-refractivity contribution in [2.24, 2.45) is 0 Å². The Morgan fingerprint density at radius 1 is 1.00 bits per heavy atom. The molecular formula is C33H42N4O5. The number of aromatic nitrogens is 1. The summed E-state index contributed by atoms with van der Waals surface area (Å²) in [7, 11) is 0. The van der Waals surface area contributed by atoms with Crippen LogP contribution >= 0.6 is 0 Å². The first-order valence-electron chi connectivity index (χ1n) is 15.0. The number of H-pyrrole nitrogens is 1. The summed E-state index contributed by atoms with van der Waals surface area (Å²) in [5.74, 6) is -0.234. The Morgan fingerprint density at radius 2 is 1.69 bits per heavy atom. The molecule has 0 spiro atoms. The van der Waals surface area contributed by atoms with Gasteiger partial charge in [-0.1, -0.05) is 24.3 Å². The van der Waals surface area contributed by atoms with Crippen molar-refractivity contribution in [3.05, 3.63) is 92.0 Å². The lowest BCUT2D eigenvalue weighted by Crippen LogP contribution is -2.49. The van der Waals surface area contributed by atoms with Crippen LogP contribution in [0.2, 0.25) is 0 Å². The number of nitrogens with one attached hydrogen (secondary N) is 2. The Kier molecular flexibility index (Phi) is 9.43. The van der Waals surface area contributed by atoms with Crippen molar-refractivity contribution in [3.63, 3.8) is 0 Å². The largest absolute Gasteiger partial charge is 0.632 e. The summed E-state index contributed by atoms with van der Waals surface area (Å²) in [4.78, 5) is 31.2. The smallest absolute Gasteiger partial charge is 0.253 e. The topological polar surface area (TPSA) is 107 Å². The molecule has 224 valence electrons. The van der Waals surface area contributed by atoms with Gasteiger partial charge in [-0.25, -0.2) is 0 Å². The van der Waals surface area contributed by atoms with E-state index in [9.17, 15) is 14.8 Å². The summed E-state index contributed by atoms with van der Waals surface area (Å²) in [6, 6.07) is 16.3. The molecule has 2 saturated heterocycles. The zero-order chi connectivity index (χ0) is 29.7. The molecule has 3 heterocycles. The number of carbonyl (C=O) groups is 1. The molecule has 2 aliphatic heterocycles. The molecule has 1 aromatic heterocycles. The standard InChI is InChI=1S/C33H42N4O5/c1-4-36(29-9-13-41-14-10-29)30-19-27(26-7-5-25(6-8-26)22-37(40)11-15-42-16-12-37)18-28(20-30)32(38)34-21-31-23(2)17-24(3)35-33(31)39/h5-8,17-20,29H,4,9-16,21-22H2,1-3H3,(H,34,38)(H,35,39). The number of morpholine rings is 1. The van der Waals surface area contributed by atoms with Crippen LogP contribution in [-0.4, -0.2) is 67.6 Å². The van der Waals surface area contributed by atoms with Crippen LogP contribution in [0.5, 0.6) is 0 Å². The maximum Gasteiger partial charge on any atom is 0.253 e. The molecule has 2 aliphatic rings. The number of aryl methyl sites for hydroxylation is 2. The molecule has 42 heavy (non-hydrogen) atoms. The summed E-state index contributed by atoms with van der Waals surface area (Å²) in [6.07, 6.45) is 1.87. The van der Waals surface area contributed by atoms with Gasteiger partial charge in [0.2, 0.25) is 0 Å². The van der Waals surface area contributed by atoms with E-state index < -0.39 is 0 Å². The van der Waals surface area contributed by atoms with E-state index in [2.05, 4.69) is 28.2 Å². The Balaban J connectivity index is 1.43. The van der Waals surface area contributed by atoms with Crippen molar-refractivity contribution in [1.82, 2.24) is 10.3 Å². The highest BCUT2D eigenvalue weighted by atomic mass is 16.6. The summed E-state index contributed by atoms with van der Waals surface area (Å²) in [6.45, 7) is 10.6. The lowest BCUT2D eigenvalue weighted by atomic mass is 9.98. The molecule has 3 aromatic rings. The van der Waals surface area contributed by atoms with Crippen LogP contribution in [-0.2, 0) is 22.6 Å². The molecule has 1 amide bonds. The molecule has 5 rings (SSSR count). The van der Waals surface area contributed by atoms with Crippen molar-refractivity contribution in [1.29, 1.82) is 0 Å². The Bertz CT molecular complexity index is 1440. The molecule has 0 bridgehead atoms. The van der Waals surface area contributed by atoms with Gasteiger partial charge in [-0.2, -0.15) is 0 Å². The highest BCUT2D eigenvalue weighted by Crippen LogP contribution is 2.31. The third kappa shape index (κ3) is 7.10. The van der Waals surface area contributed by atoms with Gasteiger partial charge in [-0.15, -0.1) is 0 Å². The number of hydrogen-bond acceptors (Lipinski definition) is 6. The number of anilines is 1. The van der Waals surface area contributed by atoms with Crippen molar-refractivity contribution >= 4 is 11.6 Å². The SMILES string of the molecule is CCN(c1cc(C(=O)NCc2c(C)cc(C)[nH]c2=O)cc(-c2ccc(C[N+]3([O-])CCOCC3)cc2)c1)C1CCOCC1. The van der Waals surface area contributed by atoms with E-state index in [4.69, 9.17) is 9.47 Å². The number of hydrogen-bond donors (Lipinski definition) is 2. The zero-order valence-electron chi connectivity index (χ0n) is 24.9.